The summed E-state index contributed by atoms with van der Waals surface area (Å²) in [6.07, 6.45) is 1.68. The Hall–Kier alpha value is -4.10. The minimum absolute atomic E-state index is 0.207. The van der Waals surface area contributed by atoms with E-state index in [1.807, 2.05) is 66.7 Å². The van der Waals surface area contributed by atoms with Gasteiger partial charge in [-0.25, -0.2) is 0 Å². The lowest BCUT2D eigenvalue weighted by Gasteiger charge is -2.13. The third kappa shape index (κ3) is 2.58. The standard InChI is InChI=1S/C25H16N4O2S/c1-2-14-28-19-13-6-5-11-18(19)20(23(28)30)21-24(31)29-25(32-21)26-22(27-29)17-12-7-9-15-8-3-4-10-16(15)17/h2-13H,1,14H2. The lowest BCUT2D eigenvalue weighted by molar-refractivity contribution is -0.112. The van der Waals surface area contributed by atoms with E-state index in [1.165, 1.54) is 15.9 Å². The van der Waals surface area contributed by atoms with Crippen LogP contribution < -0.4 is 15.0 Å². The maximum absolute atomic E-state index is 13.3. The van der Waals surface area contributed by atoms with Gasteiger partial charge in [-0.3, -0.25) is 9.59 Å². The molecule has 0 aliphatic carbocycles. The molecule has 0 saturated carbocycles. The van der Waals surface area contributed by atoms with Gasteiger partial charge in [0.25, 0.3) is 11.5 Å². The van der Waals surface area contributed by atoms with Gasteiger partial charge in [-0.05, 0) is 16.8 Å². The molecule has 6 nitrogen and oxygen atoms in total. The van der Waals surface area contributed by atoms with E-state index < -0.39 is 0 Å². The Labute approximate surface area is 186 Å². The zero-order chi connectivity index (χ0) is 21.8. The molecule has 0 N–H and O–H groups in total. The van der Waals surface area contributed by atoms with Crippen LogP contribution in [-0.4, -0.2) is 27.0 Å². The van der Waals surface area contributed by atoms with Crippen molar-refractivity contribution in [2.45, 2.75) is 0 Å². The monoisotopic (exact) mass is 436 g/mol. The van der Waals surface area contributed by atoms with Gasteiger partial charge in [-0.2, -0.15) is 9.50 Å². The second-order valence-corrected chi connectivity index (χ2v) is 8.47. The van der Waals surface area contributed by atoms with Crippen molar-refractivity contribution in [3.8, 4) is 11.4 Å². The van der Waals surface area contributed by atoms with Crippen LogP contribution in [0.15, 0.2) is 84.2 Å². The summed E-state index contributed by atoms with van der Waals surface area (Å²) in [5.41, 5.74) is 2.46. The van der Waals surface area contributed by atoms with E-state index in [-0.39, 0.29) is 11.5 Å². The van der Waals surface area contributed by atoms with Crippen LogP contribution in [0.25, 0.3) is 32.7 Å². The van der Waals surface area contributed by atoms with Gasteiger partial charge in [0.05, 0.1) is 11.3 Å². The second kappa shape index (κ2) is 6.96. The van der Waals surface area contributed by atoms with Crippen LogP contribution in [0.2, 0.25) is 0 Å². The molecule has 0 atom stereocenters. The SMILES string of the molecule is C=CCN1C(=O)C(=c2sc3nc(-c4cccc5ccccc45)nn3c2=O)c2ccccc21. The fraction of sp³-hybridized carbons (Fsp3) is 0.0400. The first-order valence-corrected chi connectivity index (χ1v) is 10.9. The average Bonchev–Trinajstić information content (AvgIpc) is 3.45. The lowest BCUT2D eigenvalue weighted by Crippen LogP contribution is -2.32. The van der Waals surface area contributed by atoms with Crippen molar-refractivity contribution in [3.63, 3.8) is 0 Å². The first kappa shape index (κ1) is 18.7. The molecule has 0 radical (unpaired) electrons. The maximum Gasteiger partial charge on any atom is 0.291 e. The first-order chi connectivity index (χ1) is 15.7. The molecule has 7 heteroatoms. The quantitative estimate of drug-likeness (QED) is 0.407. The Kier molecular flexibility index (Phi) is 4.06. The molecular formula is C25H16N4O2S. The molecule has 2 aromatic heterocycles. The molecule has 1 aliphatic heterocycles. The number of nitrogens with zero attached hydrogens (tertiary/aromatic N) is 4. The molecule has 32 heavy (non-hydrogen) atoms. The van der Waals surface area contributed by atoms with Crippen molar-refractivity contribution in [1.29, 1.82) is 0 Å². The summed E-state index contributed by atoms with van der Waals surface area (Å²) in [4.78, 5) is 33.2. The number of amides is 1. The number of carbonyl (C=O) groups excluding carboxylic acids is 1. The molecule has 6 rings (SSSR count). The lowest BCUT2D eigenvalue weighted by atomic mass is 10.0. The number of para-hydroxylation sites is 1. The van der Waals surface area contributed by atoms with Gasteiger partial charge in [0, 0.05) is 17.7 Å². The number of anilines is 1. The summed E-state index contributed by atoms with van der Waals surface area (Å²) in [6.45, 7) is 4.12. The van der Waals surface area contributed by atoms with E-state index >= 15 is 0 Å². The smallest absolute Gasteiger partial charge is 0.291 e. The first-order valence-electron chi connectivity index (χ1n) is 10.1. The number of thiazole rings is 1. The molecule has 3 aromatic carbocycles. The highest BCUT2D eigenvalue weighted by molar-refractivity contribution is 7.15. The van der Waals surface area contributed by atoms with Crippen molar-refractivity contribution in [2.75, 3.05) is 11.4 Å². The van der Waals surface area contributed by atoms with Crippen LogP contribution in [0.4, 0.5) is 5.69 Å². The van der Waals surface area contributed by atoms with Crippen LogP contribution in [0.5, 0.6) is 0 Å². The van der Waals surface area contributed by atoms with E-state index in [0.717, 1.165) is 27.6 Å². The average molecular weight is 436 g/mol. The highest BCUT2D eigenvalue weighted by Gasteiger charge is 2.33. The third-order valence-electron chi connectivity index (χ3n) is 5.65. The summed E-state index contributed by atoms with van der Waals surface area (Å²) in [7, 11) is 0. The Bertz CT molecular complexity index is 1680. The number of benzene rings is 3. The number of hydrogen-bond acceptors (Lipinski definition) is 5. The molecular weight excluding hydrogens is 420 g/mol. The van der Waals surface area contributed by atoms with Crippen molar-refractivity contribution in [1.82, 2.24) is 14.6 Å². The van der Waals surface area contributed by atoms with Gasteiger partial charge >= 0.3 is 0 Å². The van der Waals surface area contributed by atoms with Gasteiger partial charge in [0.2, 0.25) is 4.96 Å². The summed E-state index contributed by atoms with van der Waals surface area (Å²) < 4.78 is 1.66. The molecule has 5 aromatic rings. The van der Waals surface area contributed by atoms with E-state index in [0.29, 0.717) is 27.4 Å². The highest BCUT2D eigenvalue weighted by Crippen LogP contribution is 2.35. The molecule has 1 amide bonds. The van der Waals surface area contributed by atoms with Crippen LogP contribution in [0.3, 0.4) is 0 Å². The van der Waals surface area contributed by atoms with Crippen LogP contribution >= 0.6 is 11.3 Å². The van der Waals surface area contributed by atoms with Gasteiger partial charge in [0.1, 0.15) is 4.53 Å². The Morgan fingerprint density at radius 3 is 2.53 bits per heavy atom. The zero-order valence-corrected chi connectivity index (χ0v) is 17.7. The van der Waals surface area contributed by atoms with Crippen molar-refractivity contribution >= 4 is 44.2 Å². The van der Waals surface area contributed by atoms with Crippen LogP contribution in [0, 0.1) is 0 Å². The summed E-state index contributed by atoms with van der Waals surface area (Å²) >= 11 is 1.20. The minimum atomic E-state index is -0.331. The Morgan fingerprint density at radius 1 is 0.938 bits per heavy atom. The fourth-order valence-corrected chi connectivity index (χ4v) is 5.23. The Balaban J connectivity index is 1.58. The maximum atomic E-state index is 13.3. The van der Waals surface area contributed by atoms with Crippen molar-refractivity contribution in [3.05, 3.63) is 99.8 Å². The van der Waals surface area contributed by atoms with Gasteiger partial charge in [-0.1, -0.05) is 78.1 Å². The molecule has 0 bridgehead atoms. The van der Waals surface area contributed by atoms with Crippen LogP contribution in [0.1, 0.15) is 5.56 Å². The number of rotatable bonds is 3. The van der Waals surface area contributed by atoms with Gasteiger partial charge < -0.3 is 4.90 Å². The van der Waals surface area contributed by atoms with Crippen molar-refractivity contribution in [2.24, 2.45) is 0 Å². The predicted octanol–water partition coefficient (Wildman–Crippen LogP) is 3.42. The van der Waals surface area contributed by atoms with Crippen LogP contribution in [-0.2, 0) is 4.79 Å². The van der Waals surface area contributed by atoms with E-state index in [9.17, 15) is 9.59 Å². The molecule has 154 valence electrons. The summed E-state index contributed by atoms with van der Waals surface area (Å²) in [5, 5.41) is 6.61. The highest BCUT2D eigenvalue weighted by atomic mass is 32.1. The number of fused-ring (bicyclic) bond motifs is 3. The van der Waals surface area contributed by atoms with Gasteiger partial charge in [0.15, 0.2) is 5.82 Å². The summed E-state index contributed by atoms with van der Waals surface area (Å²) in [6, 6.07) is 21.4. The minimum Gasteiger partial charge on any atom is -0.304 e. The molecule has 0 saturated heterocycles. The van der Waals surface area contributed by atoms with E-state index in [1.54, 1.807) is 11.0 Å². The summed E-state index contributed by atoms with van der Waals surface area (Å²) in [5.74, 6) is 0.287. The van der Waals surface area contributed by atoms with E-state index in [4.69, 9.17) is 0 Å². The molecule has 0 spiro atoms. The van der Waals surface area contributed by atoms with Crippen molar-refractivity contribution < 1.29 is 4.79 Å². The molecule has 1 aliphatic rings. The molecule has 3 heterocycles. The van der Waals surface area contributed by atoms with E-state index in [2.05, 4.69) is 16.7 Å². The normalized spacial score (nSPS) is 15.0. The Morgan fingerprint density at radius 2 is 1.69 bits per heavy atom. The number of hydrogen-bond donors (Lipinski definition) is 0. The fourth-order valence-electron chi connectivity index (χ4n) is 4.23. The predicted molar refractivity (Wildman–Crippen MR) is 127 cm³/mol. The number of aromatic nitrogens is 3. The molecule has 0 unspecified atom stereocenters. The molecule has 0 fully saturated rings. The number of carbonyl (C=O) groups is 1. The zero-order valence-electron chi connectivity index (χ0n) is 16.9. The van der Waals surface area contributed by atoms with Gasteiger partial charge in [-0.15, -0.1) is 11.7 Å². The third-order valence-corrected chi connectivity index (χ3v) is 6.68. The second-order valence-electron chi connectivity index (χ2n) is 7.49. The largest absolute Gasteiger partial charge is 0.304 e. The topological polar surface area (TPSA) is 67.6 Å².